The summed E-state index contributed by atoms with van der Waals surface area (Å²) >= 11 is 1.54. The fourth-order valence-corrected chi connectivity index (χ4v) is 2.48. The highest BCUT2D eigenvalue weighted by atomic mass is 32.2. The van der Waals surface area contributed by atoms with Crippen molar-refractivity contribution in [3.05, 3.63) is 54.1 Å². The molecular weight excluding hydrogens is 230 g/mol. The number of hydrogen-bond donors (Lipinski definition) is 0. The molecule has 0 bridgehead atoms. The van der Waals surface area contributed by atoms with E-state index in [4.69, 9.17) is 10.00 Å². The summed E-state index contributed by atoms with van der Waals surface area (Å²) in [6, 6.07) is 17.5. The van der Waals surface area contributed by atoms with Crippen LogP contribution in [0.15, 0.2) is 58.3 Å². The van der Waals surface area contributed by atoms with Crippen LogP contribution < -0.4 is 4.74 Å². The molecule has 2 aromatic rings. The highest BCUT2D eigenvalue weighted by Gasteiger charge is 2.07. The third-order valence-electron chi connectivity index (χ3n) is 2.30. The van der Waals surface area contributed by atoms with Crippen molar-refractivity contribution < 1.29 is 4.74 Å². The number of para-hydroxylation sites is 1. The molecule has 0 N–H and O–H groups in total. The smallest absolute Gasteiger partial charge is 0.132 e. The van der Waals surface area contributed by atoms with E-state index < -0.39 is 0 Å². The van der Waals surface area contributed by atoms with Gasteiger partial charge in [-0.25, -0.2) is 0 Å². The molecule has 0 aromatic heterocycles. The van der Waals surface area contributed by atoms with Crippen LogP contribution in [0.4, 0.5) is 0 Å². The van der Waals surface area contributed by atoms with Crippen LogP contribution in [-0.4, -0.2) is 7.11 Å². The summed E-state index contributed by atoms with van der Waals surface area (Å²) in [7, 11) is 1.65. The Kier molecular flexibility index (Phi) is 3.69. The van der Waals surface area contributed by atoms with Gasteiger partial charge in [0.25, 0.3) is 0 Å². The minimum Gasteiger partial charge on any atom is -0.496 e. The predicted octanol–water partition coefficient (Wildman–Crippen LogP) is 3.72. The average molecular weight is 241 g/mol. The molecule has 84 valence electrons. The summed E-state index contributed by atoms with van der Waals surface area (Å²) in [4.78, 5) is 1.96. The minimum atomic E-state index is 0.684. The van der Waals surface area contributed by atoms with Gasteiger partial charge in [-0.3, -0.25) is 0 Å². The maximum atomic E-state index is 9.03. The summed E-state index contributed by atoms with van der Waals surface area (Å²) in [6.45, 7) is 0. The standard InChI is InChI=1S/C14H11NOS/c1-16-12-7-3-5-9-14(12)17-13-8-4-2-6-11(13)10-15/h2-9H,1H3. The number of rotatable bonds is 3. The zero-order valence-corrected chi connectivity index (χ0v) is 10.2. The number of ether oxygens (including phenoxy) is 1. The SMILES string of the molecule is COc1ccccc1Sc1ccccc1C#N. The van der Waals surface area contributed by atoms with Crippen molar-refractivity contribution in [1.29, 1.82) is 5.26 Å². The molecule has 0 aliphatic heterocycles. The Bertz CT molecular complexity index is 560. The number of hydrogen-bond acceptors (Lipinski definition) is 3. The molecule has 0 heterocycles. The van der Waals surface area contributed by atoms with Crippen LogP contribution in [0, 0.1) is 11.3 Å². The summed E-state index contributed by atoms with van der Waals surface area (Å²) in [5, 5.41) is 9.03. The monoisotopic (exact) mass is 241 g/mol. The van der Waals surface area contributed by atoms with Crippen LogP contribution in [0.5, 0.6) is 5.75 Å². The Labute approximate surface area is 105 Å². The fraction of sp³-hybridized carbons (Fsp3) is 0.0714. The van der Waals surface area contributed by atoms with Crippen LogP contribution in [0.3, 0.4) is 0 Å². The molecule has 2 aromatic carbocycles. The highest BCUT2D eigenvalue weighted by Crippen LogP contribution is 2.35. The van der Waals surface area contributed by atoms with Crippen LogP contribution in [0.25, 0.3) is 0 Å². The Morgan fingerprint density at radius 3 is 2.35 bits per heavy atom. The van der Waals surface area contributed by atoms with Crippen molar-refractivity contribution in [1.82, 2.24) is 0 Å². The lowest BCUT2D eigenvalue weighted by molar-refractivity contribution is 0.405. The number of nitriles is 1. The Balaban J connectivity index is 2.35. The predicted molar refractivity (Wildman–Crippen MR) is 68.3 cm³/mol. The van der Waals surface area contributed by atoms with Crippen molar-refractivity contribution in [3.63, 3.8) is 0 Å². The maximum Gasteiger partial charge on any atom is 0.132 e. The van der Waals surface area contributed by atoms with E-state index >= 15 is 0 Å². The van der Waals surface area contributed by atoms with E-state index in [0.717, 1.165) is 15.5 Å². The first kappa shape index (κ1) is 11.6. The summed E-state index contributed by atoms with van der Waals surface area (Å²) in [6.07, 6.45) is 0. The molecule has 0 unspecified atom stereocenters. The molecule has 0 spiro atoms. The van der Waals surface area contributed by atoms with Gasteiger partial charge in [-0.2, -0.15) is 5.26 Å². The Morgan fingerprint density at radius 1 is 1.00 bits per heavy atom. The molecule has 0 atom stereocenters. The van der Waals surface area contributed by atoms with Crippen molar-refractivity contribution in [2.75, 3.05) is 7.11 Å². The lowest BCUT2D eigenvalue weighted by Crippen LogP contribution is -1.86. The number of benzene rings is 2. The first-order valence-corrected chi connectivity index (χ1v) is 5.97. The van der Waals surface area contributed by atoms with Crippen LogP contribution in [0.1, 0.15) is 5.56 Å². The van der Waals surface area contributed by atoms with E-state index in [2.05, 4.69) is 6.07 Å². The van der Waals surface area contributed by atoms with Gasteiger partial charge in [0.05, 0.1) is 17.6 Å². The van der Waals surface area contributed by atoms with E-state index in [-0.39, 0.29) is 0 Å². The number of nitrogens with zero attached hydrogens (tertiary/aromatic N) is 1. The second-order valence-electron chi connectivity index (χ2n) is 3.36. The van der Waals surface area contributed by atoms with Crippen molar-refractivity contribution >= 4 is 11.8 Å². The zero-order chi connectivity index (χ0) is 12.1. The van der Waals surface area contributed by atoms with Gasteiger partial charge in [0.1, 0.15) is 11.8 Å². The molecule has 3 heteroatoms. The van der Waals surface area contributed by atoms with E-state index in [9.17, 15) is 0 Å². The third kappa shape index (κ3) is 2.61. The van der Waals surface area contributed by atoms with Gasteiger partial charge in [0, 0.05) is 4.90 Å². The van der Waals surface area contributed by atoms with Gasteiger partial charge >= 0.3 is 0 Å². The molecule has 2 nitrogen and oxygen atoms in total. The highest BCUT2D eigenvalue weighted by molar-refractivity contribution is 7.99. The third-order valence-corrected chi connectivity index (χ3v) is 3.43. The zero-order valence-electron chi connectivity index (χ0n) is 9.38. The molecular formula is C14H11NOS. The lowest BCUT2D eigenvalue weighted by atomic mass is 10.2. The second kappa shape index (κ2) is 5.42. The number of methoxy groups -OCH3 is 1. The first-order chi connectivity index (χ1) is 8.35. The van der Waals surface area contributed by atoms with Gasteiger partial charge in [-0.15, -0.1) is 0 Å². The molecule has 2 rings (SSSR count). The van der Waals surface area contributed by atoms with Crippen LogP contribution in [-0.2, 0) is 0 Å². The van der Waals surface area contributed by atoms with Gasteiger partial charge in [-0.1, -0.05) is 36.0 Å². The average Bonchev–Trinajstić information content (AvgIpc) is 2.40. The first-order valence-electron chi connectivity index (χ1n) is 5.15. The summed E-state index contributed by atoms with van der Waals surface area (Å²) in [5.74, 6) is 0.824. The maximum absolute atomic E-state index is 9.03. The Hall–Kier alpha value is -1.92. The molecule has 0 aliphatic carbocycles. The molecule has 0 saturated heterocycles. The normalized spacial score (nSPS) is 9.65. The summed E-state index contributed by atoms with van der Waals surface area (Å²) in [5.41, 5.74) is 0.684. The van der Waals surface area contributed by atoms with Gasteiger partial charge in [0.2, 0.25) is 0 Å². The van der Waals surface area contributed by atoms with Crippen LogP contribution >= 0.6 is 11.8 Å². The molecule has 0 saturated carbocycles. The minimum absolute atomic E-state index is 0.684. The molecule has 0 fully saturated rings. The molecule has 0 radical (unpaired) electrons. The quantitative estimate of drug-likeness (QED) is 0.821. The second-order valence-corrected chi connectivity index (χ2v) is 4.44. The summed E-state index contributed by atoms with van der Waals surface area (Å²) < 4.78 is 5.29. The molecule has 0 aliphatic rings. The van der Waals surface area contributed by atoms with Crippen molar-refractivity contribution in [3.8, 4) is 11.8 Å². The molecule has 0 amide bonds. The van der Waals surface area contributed by atoms with E-state index in [1.54, 1.807) is 18.9 Å². The van der Waals surface area contributed by atoms with Crippen molar-refractivity contribution in [2.24, 2.45) is 0 Å². The molecule has 17 heavy (non-hydrogen) atoms. The Morgan fingerprint density at radius 2 is 1.65 bits per heavy atom. The van der Waals surface area contributed by atoms with Gasteiger partial charge < -0.3 is 4.74 Å². The topological polar surface area (TPSA) is 33.0 Å². The largest absolute Gasteiger partial charge is 0.496 e. The van der Waals surface area contributed by atoms with E-state index in [0.29, 0.717) is 5.56 Å². The van der Waals surface area contributed by atoms with Gasteiger partial charge in [0.15, 0.2) is 0 Å². The lowest BCUT2D eigenvalue weighted by Gasteiger charge is -2.08. The fourth-order valence-electron chi connectivity index (χ4n) is 1.47. The van der Waals surface area contributed by atoms with E-state index in [1.165, 1.54) is 0 Å². The van der Waals surface area contributed by atoms with Crippen molar-refractivity contribution in [2.45, 2.75) is 9.79 Å². The van der Waals surface area contributed by atoms with Gasteiger partial charge in [-0.05, 0) is 24.3 Å². The van der Waals surface area contributed by atoms with Crippen LogP contribution in [0.2, 0.25) is 0 Å². The van der Waals surface area contributed by atoms with E-state index in [1.807, 2.05) is 48.5 Å².